The summed E-state index contributed by atoms with van der Waals surface area (Å²) in [7, 11) is 3.77. The number of rotatable bonds is 2. The lowest BCUT2D eigenvalue weighted by Crippen LogP contribution is -2.07. The van der Waals surface area contributed by atoms with E-state index in [9.17, 15) is 0 Å². The molecule has 0 fully saturated rings. The number of nitrogens with one attached hydrogen (secondary N) is 1. The average molecular weight is 212 g/mol. The highest BCUT2D eigenvalue weighted by Crippen LogP contribution is 2.26. The Labute approximate surface area is 93.8 Å². The van der Waals surface area contributed by atoms with Gasteiger partial charge >= 0.3 is 0 Å². The molecule has 0 saturated heterocycles. The fourth-order valence-electron chi connectivity index (χ4n) is 1.51. The number of aromatic amines is 1. The second-order valence-corrected chi connectivity index (χ2v) is 3.71. The molecule has 0 bridgehead atoms. The van der Waals surface area contributed by atoms with Gasteiger partial charge in [-0.25, -0.2) is 4.99 Å². The van der Waals surface area contributed by atoms with E-state index >= 15 is 0 Å². The maximum atomic E-state index is 9.11. The SMILES string of the molecule is CN(C)/C=N/c1[nH]c2ccccc2c1C#N. The van der Waals surface area contributed by atoms with E-state index in [1.165, 1.54) is 0 Å². The highest BCUT2D eigenvalue weighted by molar-refractivity contribution is 5.91. The molecule has 0 radical (unpaired) electrons. The van der Waals surface area contributed by atoms with Crippen molar-refractivity contribution >= 4 is 23.1 Å². The van der Waals surface area contributed by atoms with E-state index < -0.39 is 0 Å². The van der Waals surface area contributed by atoms with Crippen LogP contribution in [0.3, 0.4) is 0 Å². The number of benzene rings is 1. The number of aromatic nitrogens is 1. The van der Waals surface area contributed by atoms with Gasteiger partial charge in [0.25, 0.3) is 0 Å². The highest BCUT2D eigenvalue weighted by atomic mass is 15.1. The van der Waals surface area contributed by atoms with Crippen molar-refractivity contribution in [1.82, 2.24) is 9.88 Å². The molecule has 1 heterocycles. The van der Waals surface area contributed by atoms with Gasteiger partial charge in [0.2, 0.25) is 0 Å². The van der Waals surface area contributed by atoms with Crippen LogP contribution in [0.25, 0.3) is 10.9 Å². The Balaban J connectivity index is 2.58. The number of hydrogen-bond acceptors (Lipinski definition) is 2. The Kier molecular flexibility index (Phi) is 2.61. The molecule has 4 heteroatoms. The maximum Gasteiger partial charge on any atom is 0.150 e. The van der Waals surface area contributed by atoms with Crippen LogP contribution in [0.1, 0.15) is 5.56 Å². The van der Waals surface area contributed by atoms with Gasteiger partial charge in [-0.1, -0.05) is 18.2 Å². The Morgan fingerprint density at radius 3 is 2.81 bits per heavy atom. The monoisotopic (exact) mass is 212 g/mol. The molecular weight excluding hydrogens is 200 g/mol. The largest absolute Gasteiger partial charge is 0.369 e. The fraction of sp³-hybridized carbons (Fsp3) is 0.167. The average Bonchev–Trinajstić information content (AvgIpc) is 2.63. The standard InChI is InChI=1S/C12H12N4/c1-16(2)8-14-12-10(7-13)9-5-3-4-6-11(9)15-12/h3-6,8,15H,1-2H3/b14-8+. The van der Waals surface area contributed by atoms with Crippen molar-refractivity contribution in [2.24, 2.45) is 4.99 Å². The highest BCUT2D eigenvalue weighted by Gasteiger charge is 2.08. The molecule has 1 aromatic heterocycles. The number of H-pyrrole nitrogens is 1. The molecule has 80 valence electrons. The van der Waals surface area contributed by atoms with Gasteiger partial charge in [-0.05, 0) is 6.07 Å². The predicted octanol–water partition coefficient (Wildman–Crippen LogP) is 2.26. The number of fused-ring (bicyclic) bond motifs is 1. The van der Waals surface area contributed by atoms with E-state index in [0.717, 1.165) is 10.9 Å². The summed E-state index contributed by atoms with van der Waals surface area (Å²) in [6, 6.07) is 9.87. The van der Waals surface area contributed by atoms with E-state index in [-0.39, 0.29) is 0 Å². The van der Waals surface area contributed by atoms with Crippen LogP contribution >= 0.6 is 0 Å². The van der Waals surface area contributed by atoms with Gasteiger partial charge < -0.3 is 9.88 Å². The number of nitrogens with zero attached hydrogens (tertiary/aromatic N) is 3. The van der Waals surface area contributed by atoms with Crippen molar-refractivity contribution < 1.29 is 0 Å². The lowest BCUT2D eigenvalue weighted by Gasteiger charge is -2.00. The van der Waals surface area contributed by atoms with E-state index in [4.69, 9.17) is 5.26 Å². The Bertz CT molecular complexity index is 572. The quantitative estimate of drug-likeness (QED) is 0.613. The van der Waals surface area contributed by atoms with Crippen molar-refractivity contribution in [3.8, 4) is 6.07 Å². The molecule has 0 amide bonds. The van der Waals surface area contributed by atoms with Crippen LogP contribution in [0.4, 0.5) is 5.82 Å². The molecule has 2 aromatic rings. The normalized spacial score (nSPS) is 10.8. The number of aliphatic imine (C=N–C) groups is 1. The molecule has 0 spiro atoms. The summed E-state index contributed by atoms with van der Waals surface area (Å²) in [5.41, 5.74) is 1.53. The minimum Gasteiger partial charge on any atom is -0.369 e. The second-order valence-electron chi connectivity index (χ2n) is 3.71. The van der Waals surface area contributed by atoms with Gasteiger partial charge in [0.15, 0.2) is 5.82 Å². The molecule has 1 aromatic carbocycles. The molecule has 0 saturated carbocycles. The zero-order valence-corrected chi connectivity index (χ0v) is 9.23. The minimum absolute atomic E-state index is 0.591. The van der Waals surface area contributed by atoms with Crippen molar-refractivity contribution in [1.29, 1.82) is 5.26 Å². The van der Waals surface area contributed by atoms with Crippen molar-refractivity contribution in [3.05, 3.63) is 29.8 Å². The lowest BCUT2D eigenvalue weighted by atomic mass is 10.2. The van der Waals surface area contributed by atoms with Crippen molar-refractivity contribution in [3.63, 3.8) is 0 Å². The van der Waals surface area contributed by atoms with Gasteiger partial charge in [-0.2, -0.15) is 5.26 Å². The summed E-state index contributed by atoms with van der Waals surface area (Å²) in [6.45, 7) is 0. The smallest absolute Gasteiger partial charge is 0.150 e. The Morgan fingerprint density at radius 1 is 1.38 bits per heavy atom. The first-order valence-electron chi connectivity index (χ1n) is 4.94. The van der Waals surface area contributed by atoms with Crippen LogP contribution in [-0.2, 0) is 0 Å². The predicted molar refractivity (Wildman–Crippen MR) is 64.9 cm³/mol. The van der Waals surface area contributed by atoms with E-state index in [0.29, 0.717) is 11.4 Å². The van der Waals surface area contributed by atoms with Crippen LogP contribution in [0.2, 0.25) is 0 Å². The Morgan fingerprint density at radius 2 is 2.12 bits per heavy atom. The molecule has 16 heavy (non-hydrogen) atoms. The molecule has 0 aliphatic rings. The van der Waals surface area contributed by atoms with Crippen LogP contribution in [0.15, 0.2) is 29.3 Å². The zero-order chi connectivity index (χ0) is 11.5. The number of hydrogen-bond donors (Lipinski definition) is 1. The third-order valence-corrected chi connectivity index (χ3v) is 2.22. The summed E-state index contributed by atoms with van der Waals surface area (Å²) in [6.07, 6.45) is 1.67. The van der Waals surface area contributed by atoms with Gasteiger partial charge in [0.05, 0.1) is 6.34 Å². The second kappa shape index (κ2) is 4.07. The molecule has 1 N–H and O–H groups in total. The molecule has 4 nitrogen and oxygen atoms in total. The summed E-state index contributed by atoms with van der Waals surface area (Å²) in [5.74, 6) is 0.609. The molecule has 0 aliphatic heterocycles. The number of para-hydroxylation sites is 1. The molecule has 0 unspecified atom stereocenters. The summed E-state index contributed by atoms with van der Waals surface area (Å²) in [5, 5.41) is 10.0. The zero-order valence-electron chi connectivity index (χ0n) is 9.23. The van der Waals surface area contributed by atoms with E-state index in [2.05, 4.69) is 16.0 Å². The van der Waals surface area contributed by atoms with Crippen molar-refractivity contribution in [2.45, 2.75) is 0 Å². The third-order valence-electron chi connectivity index (χ3n) is 2.22. The van der Waals surface area contributed by atoms with Gasteiger partial charge in [-0.15, -0.1) is 0 Å². The van der Waals surface area contributed by atoms with Crippen LogP contribution < -0.4 is 0 Å². The maximum absolute atomic E-state index is 9.11. The minimum atomic E-state index is 0.591. The molecular formula is C12H12N4. The summed E-state index contributed by atoms with van der Waals surface area (Å²) in [4.78, 5) is 9.19. The third kappa shape index (κ3) is 1.75. The summed E-state index contributed by atoms with van der Waals surface area (Å²) < 4.78 is 0. The molecule has 0 atom stereocenters. The summed E-state index contributed by atoms with van der Waals surface area (Å²) >= 11 is 0. The Hall–Kier alpha value is -2.28. The van der Waals surface area contributed by atoms with E-state index in [1.54, 1.807) is 6.34 Å². The van der Waals surface area contributed by atoms with Crippen LogP contribution in [0, 0.1) is 11.3 Å². The first-order valence-corrected chi connectivity index (χ1v) is 4.94. The first kappa shape index (κ1) is 10.2. The van der Waals surface area contributed by atoms with Gasteiger partial charge in [0.1, 0.15) is 11.6 Å². The molecule has 0 aliphatic carbocycles. The van der Waals surface area contributed by atoms with Crippen LogP contribution in [0.5, 0.6) is 0 Å². The lowest BCUT2D eigenvalue weighted by molar-refractivity contribution is 0.643. The van der Waals surface area contributed by atoms with Crippen molar-refractivity contribution in [2.75, 3.05) is 14.1 Å². The first-order chi connectivity index (χ1) is 7.72. The fourth-order valence-corrected chi connectivity index (χ4v) is 1.51. The number of nitriles is 1. The van der Waals surface area contributed by atoms with Gasteiger partial charge in [-0.3, -0.25) is 0 Å². The van der Waals surface area contributed by atoms with E-state index in [1.807, 2.05) is 43.3 Å². The van der Waals surface area contributed by atoms with Gasteiger partial charge in [0, 0.05) is 25.0 Å². The topological polar surface area (TPSA) is 55.2 Å². The van der Waals surface area contributed by atoms with Crippen LogP contribution in [-0.4, -0.2) is 30.3 Å². The molecule has 2 rings (SSSR count).